The van der Waals surface area contributed by atoms with Crippen molar-refractivity contribution in [1.82, 2.24) is 9.55 Å². The molecule has 6 heteroatoms. The van der Waals surface area contributed by atoms with Crippen molar-refractivity contribution in [1.29, 1.82) is 0 Å². The van der Waals surface area contributed by atoms with E-state index in [1.165, 1.54) is 7.11 Å². The van der Waals surface area contributed by atoms with Crippen molar-refractivity contribution in [2.75, 3.05) is 7.11 Å². The minimum atomic E-state index is -0.805. The van der Waals surface area contributed by atoms with Crippen LogP contribution in [0.25, 0.3) is 0 Å². The van der Waals surface area contributed by atoms with E-state index in [0.717, 1.165) is 5.56 Å². The SMILES string of the molecule is COC(=O)c1ccc(C(S)(Cn2ccnc2)c2ccccc2O)cc1. The van der Waals surface area contributed by atoms with Gasteiger partial charge < -0.3 is 14.4 Å². The quantitative estimate of drug-likeness (QED) is 0.545. The first kappa shape index (κ1) is 17.1. The van der Waals surface area contributed by atoms with Crippen LogP contribution in [0.2, 0.25) is 0 Å². The van der Waals surface area contributed by atoms with Gasteiger partial charge in [0.2, 0.25) is 0 Å². The third kappa shape index (κ3) is 3.39. The van der Waals surface area contributed by atoms with Gasteiger partial charge in [-0.1, -0.05) is 30.3 Å². The summed E-state index contributed by atoms with van der Waals surface area (Å²) in [4.78, 5) is 15.7. The number of para-hydroxylation sites is 1. The molecule has 2 aromatic carbocycles. The highest BCUT2D eigenvalue weighted by Gasteiger charge is 2.33. The molecule has 1 atom stereocenters. The molecule has 5 nitrogen and oxygen atoms in total. The molecule has 0 fully saturated rings. The minimum Gasteiger partial charge on any atom is -0.508 e. The molecule has 0 amide bonds. The molecule has 128 valence electrons. The number of carbonyl (C=O) groups excluding carboxylic acids is 1. The largest absolute Gasteiger partial charge is 0.508 e. The molecule has 3 aromatic rings. The predicted molar refractivity (Wildman–Crippen MR) is 97.9 cm³/mol. The summed E-state index contributed by atoms with van der Waals surface area (Å²) in [6.07, 6.45) is 5.24. The fourth-order valence-corrected chi connectivity index (χ4v) is 3.30. The summed E-state index contributed by atoms with van der Waals surface area (Å²) < 4.78 is 5.83. The summed E-state index contributed by atoms with van der Waals surface area (Å²) in [6.45, 7) is 0.464. The monoisotopic (exact) mass is 354 g/mol. The Hall–Kier alpha value is -2.73. The Morgan fingerprint density at radius 3 is 2.56 bits per heavy atom. The number of aromatic nitrogens is 2. The lowest BCUT2D eigenvalue weighted by Crippen LogP contribution is -2.27. The summed E-state index contributed by atoms with van der Waals surface area (Å²) >= 11 is 4.94. The van der Waals surface area contributed by atoms with Gasteiger partial charge in [0.25, 0.3) is 0 Å². The van der Waals surface area contributed by atoms with Crippen LogP contribution in [0.5, 0.6) is 5.75 Å². The maximum Gasteiger partial charge on any atom is 0.337 e. The van der Waals surface area contributed by atoms with Crippen LogP contribution < -0.4 is 0 Å². The summed E-state index contributed by atoms with van der Waals surface area (Å²) in [5.74, 6) is -0.233. The van der Waals surface area contributed by atoms with Gasteiger partial charge in [0.05, 0.1) is 23.7 Å². The van der Waals surface area contributed by atoms with E-state index in [1.807, 2.05) is 35.0 Å². The number of methoxy groups -OCH3 is 1. The van der Waals surface area contributed by atoms with E-state index < -0.39 is 10.7 Å². The Balaban J connectivity index is 2.08. The molecule has 1 N–H and O–H groups in total. The van der Waals surface area contributed by atoms with E-state index in [1.54, 1.807) is 36.8 Å². The van der Waals surface area contributed by atoms with E-state index in [4.69, 9.17) is 17.4 Å². The summed E-state index contributed by atoms with van der Waals surface area (Å²) in [7, 11) is 1.35. The average molecular weight is 354 g/mol. The number of nitrogens with zero attached hydrogens (tertiary/aromatic N) is 2. The number of ether oxygens (including phenoxy) is 1. The molecule has 1 unspecified atom stereocenters. The second kappa shape index (κ2) is 7.03. The number of esters is 1. The molecule has 0 aliphatic carbocycles. The third-order valence-electron chi connectivity index (χ3n) is 4.10. The molecule has 0 spiro atoms. The lowest BCUT2D eigenvalue weighted by molar-refractivity contribution is 0.0600. The second-order valence-corrected chi connectivity index (χ2v) is 6.44. The molecule has 0 bridgehead atoms. The van der Waals surface area contributed by atoms with Crippen LogP contribution in [-0.2, 0) is 16.0 Å². The number of benzene rings is 2. The smallest absolute Gasteiger partial charge is 0.337 e. The number of imidazole rings is 1. The fraction of sp³-hybridized carbons (Fsp3) is 0.158. The first-order chi connectivity index (χ1) is 12.0. The zero-order valence-corrected chi connectivity index (χ0v) is 14.6. The van der Waals surface area contributed by atoms with Crippen molar-refractivity contribution in [3.63, 3.8) is 0 Å². The number of phenolic OH excluding ortho intramolecular Hbond substituents is 1. The molecule has 0 saturated heterocycles. The van der Waals surface area contributed by atoms with Crippen LogP contribution >= 0.6 is 12.6 Å². The number of carbonyl (C=O) groups is 1. The number of phenols is 1. The Morgan fingerprint density at radius 2 is 1.96 bits per heavy atom. The van der Waals surface area contributed by atoms with Gasteiger partial charge >= 0.3 is 5.97 Å². The maximum atomic E-state index is 11.7. The first-order valence-electron chi connectivity index (χ1n) is 7.70. The predicted octanol–water partition coefficient (Wildman–Crippen LogP) is 3.25. The minimum absolute atomic E-state index is 0.162. The Bertz CT molecular complexity index is 863. The van der Waals surface area contributed by atoms with Crippen LogP contribution in [0, 0.1) is 0 Å². The van der Waals surface area contributed by atoms with Crippen LogP contribution in [0.15, 0.2) is 67.3 Å². The second-order valence-electron chi connectivity index (χ2n) is 5.68. The third-order valence-corrected chi connectivity index (χ3v) is 4.74. The van der Waals surface area contributed by atoms with Crippen molar-refractivity contribution >= 4 is 18.6 Å². The van der Waals surface area contributed by atoms with Gasteiger partial charge in [-0.2, -0.15) is 12.6 Å². The van der Waals surface area contributed by atoms with Crippen molar-refractivity contribution in [2.24, 2.45) is 0 Å². The van der Waals surface area contributed by atoms with Crippen molar-refractivity contribution < 1.29 is 14.6 Å². The van der Waals surface area contributed by atoms with E-state index in [2.05, 4.69) is 4.98 Å². The van der Waals surface area contributed by atoms with E-state index in [-0.39, 0.29) is 5.75 Å². The van der Waals surface area contributed by atoms with Gasteiger partial charge in [-0.3, -0.25) is 0 Å². The number of rotatable bonds is 5. The standard InChI is InChI=1S/C19H18N2O3S/c1-24-18(23)14-6-8-15(9-7-14)19(25,12-21-11-10-20-13-21)16-4-2-3-5-17(16)22/h2-11,13,22,25H,12H2,1H3. The number of hydrogen-bond donors (Lipinski definition) is 2. The van der Waals surface area contributed by atoms with Gasteiger partial charge in [-0.05, 0) is 23.8 Å². The lowest BCUT2D eigenvalue weighted by Gasteiger charge is -2.31. The normalized spacial score (nSPS) is 13.2. The highest BCUT2D eigenvalue weighted by Crippen LogP contribution is 2.42. The fourth-order valence-electron chi connectivity index (χ4n) is 2.80. The molecular formula is C19H18N2O3S. The van der Waals surface area contributed by atoms with Crippen LogP contribution in [0.4, 0.5) is 0 Å². The Labute approximate surface area is 151 Å². The van der Waals surface area contributed by atoms with Gasteiger partial charge in [0.15, 0.2) is 0 Å². The molecule has 1 aromatic heterocycles. The van der Waals surface area contributed by atoms with Crippen molar-refractivity contribution in [3.8, 4) is 5.75 Å². The van der Waals surface area contributed by atoms with Crippen molar-refractivity contribution in [2.45, 2.75) is 11.3 Å². The molecule has 3 rings (SSSR count). The Kier molecular flexibility index (Phi) is 4.81. The maximum absolute atomic E-state index is 11.7. The lowest BCUT2D eigenvalue weighted by atomic mass is 9.88. The zero-order valence-electron chi connectivity index (χ0n) is 13.7. The van der Waals surface area contributed by atoms with Crippen LogP contribution in [-0.4, -0.2) is 27.7 Å². The van der Waals surface area contributed by atoms with Gasteiger partial charge in [0.1, 0.15) is 5.75 Å². The molecule has 0 aliphatic rings. The summed E-state index contributed by atoms with van der Waals surface area (Å²) in [5.41, 5.74) is 1.98. The average Bonchev–Trinajstić information content (AvgIpc) is 3.14. The molecule has 25 heavy (non-hydrogen) atoms. The number of thiol groups is 1. The highest BCUT2D eigenvalue weighted by atomic mass is 32.1. The van der Waals surface area contributed by atoms with Crippen LogP contribution in [0.3, 0.4) is 0 Å². The number of hydrogen-bond acceptors (Lipinski definition) is 5. The molecule has 0 aliphatic heterocycles. The molecule has 0 saturated carbocycles. The molecular weight excluding hydrogens is 336 g/mol. The van der Waals surface area contributed by atoms with E-state index in [9.17, 15) is 9.90 Å². The molecule has 1 heterocycles. The van der Waals surface area contributed by atoms with Gasteiger partial charge in [0, 0.05) is 24.5 Å². The molecule has 0 radical (unpaired) electrons. The summed E-state index contributed by atoms with van der Waals surface area (Å²) in [6, 6.07) is 14.1. The van der Waals surface area contributed by atoms with E-state index in [0.29, 0.717) is 17.7 Å². The van der Waals surface area contributed by atoms with Gasteiger partial charge in [-0.25, -0.2) is 9.78 Å². The van der Waals surface area contributed by atoms with Gasteiger partial charge in [-0.15, -0.1) is 0 Å². The Morgan fingerprint density at radius 1 is 1.24 bits per heavy atom. The van der Waals surface area contributed by atoms with Crippen LogP contribution in [0.1, 0.15) is 21.5 Å². The van der Waals surface area contributed by atoms with Crippen molar-refractivity contribution in [3.05, 3.63) is 83.9 Å². The zero-order chi connectivity index (χ0) is 17.9. The summed E-state index contributed by atoms with van der Waals surface area (Å²) in [5, 5.41) is 10.4. The number of aromatic hydroxyl groups is 1. The highest BCUT2D eigenvalue weighted by molar-refractivity contribution is 7.81. The first-order valence-corrected chi connectivity index (χ1v) is 8.15. The topological polar surface area (TPSA) is 64.4 Å². The van der Waals surface area contributed by atoms with E-state index >= 15 is 0 Å².